The van der Waals surface area contributed by atoms with E-state index in [-0.39, 0.29) is 11.8 Å². The molecule has 0 saturated carbocycles. The monoisotopic (exact) mass is 300 g/mol. The molecule has 0 bridgehead atoms. The third kappa shape index (κ3) is 4.49. The Morgan fingerprint density at radius 1 is 1.40 bits per heavy atom. The lowest BCUT2D eigenvalue weighted by atomic mass is 10.0. The fourth-order valence-electron chi connectivity index (χ4n) is 2.07. The Hall–Kier alpha value is -1.08. The lowest BCUT2D eigenvalue weighted by Gasteiger charge is -2.28. The second-order valence-corrected chi connectivity index (χ2v) is 6.32. The number of carbonyl (C=O) groups is 1. The van der Waals surface area contributed by atoms with Crippen LogP contribution in [0.4, 0.5) is 0 Å². The molecule has 1 atom stereocenters. The van der Waals surface area contributed by atoms with Crippen molar-refractivity contribution >= 4 is 17.7 Å². The van der Waals surface area contributed by atoms with Crippen LogP contribution in [-0.4, -0.2) is 57.1 Å². The fourth-order valence-corrected chi connectivity index (χ4v) is 2.80. The number of hydrogen-bond donors (Lipinski definition) is 1. The number of carboxylic acids is 1. The average Bonchev–Trinajstić information content (AvgIpc) is 2.75. The van der Waals surface area contributed by atoms with Crippen LogP contribution in [0.3, 0.4) is 0 Å². The Kier molecular flexibility index (Phi) is 6.48. The molecule has 0 amide bonds. The maximum absolute atomic E-state index is 10.8. The molecule has 1 rings (SSSR count). The zero-order valence-corrected chi connectivity index (χ0v) is 13.6. The third-order valence-electron chi connectivity index (χ3n) is 3.03. The highest BCUT2D eigenvalue weighted by Gasteiger charge is 2.24. The molecule has 20 heavy (non-hydrogen) atoms. The van der Waals surface area contributed by atoms with Crippen LogP contribution in [-0.2, 0) is 11.2 Å². The molecule has 0 aromatic carbocycles. The number of nitrogens with zero attached hydrogens (tertiary/aromatic N) is 4. The molecule has 0 fully saturated rings. The summed E-state index contributed by atoms with van der Waals surface area (Å²) in [7, 11) is 4.07. The first-order chi connectivity index (χ1) is 9.36. The molecule has 7 heteroatoms. The second-order valence-electron chi connectivity index (χ2n) is 5.38. The molecule has 1 heterocycles. The topological polar surface area (TPSA) is 71.2 Å². The molecule has 1 aromatic rings. The standard InChI is InChI=1S/C13H24N4O2S/c1-6-11-14-15-13(20-8-12(18)19)17(11)10(9(2)3)7-16(4)5/h9-10H,6-8H2,1-5H3,(H,18,19). The highest BCUT2D eigenvalue weighted by molar-refractivity contribution is 7.99. The predicted octanol–water partition coefficient (Wildman–Crippen LogP) is 1.78. The lowest BCUT2D eigenvalue weighted by molar-refractivity contribution is -0.133. The Morgan fingerprint density at radius 3 is 2.50 bits per heavy atom. The van der Waals surface area contributed by atoms with Gasteiger partial charge in [-0.25, -0.2) is 0 Å². The zero-order valence-electron chi connectivity index (χ0n) is 12.8. The summed E-state index contributed by atoms with van der Waals surface area (Å²) in [4.78, 5) is 12.9. The van der Waals surface area contributed by atoms with E-state index in [1.54, 1.807) is 0 Å². The molecule has 0 radical (unpaired) electrons. The van der Waals surface area contributed by atoms with Crippen LogP contribution in [0.15, 0.2) is 5.16 Å². The predicted molar refractivity (Wildman–Crippen MR) is 80.2 cm³/mol. The second kappa shape index (κ2) is 7.64. The van der Waals surface area contributed by atoms with E-state index < -0.39 is 5.97 Å². The minimum absolute atomic E-state index is 0.00856. The van der Waals surface area contributed by atoms with Gasteiger partial charge in [-0.05, 0) is 20.0 Å². The van der Waals surface area contributed by atoms with Crippen LogP contribution in [0.2, 0.25) is 0 Å². The largest absolute Gasteiger partial charge is 0.481 e. The van der Waals surface area contributed by atoms with Crippen LogP contribution in [0.25, 0.3) is 0 Å². The van der Waals surface area contributed by atoms with Crippen LogP contribution in [0.5, 0.6) is 0 Å². The van der Waals surface area contributed by atoms with Crippen molar-refractivity contribution in [3.63, 3.8) is 0 Å². The van der Waals surface area contributed by atoms with Gasteiger partial charge in [0.05, 0.1) is 11.8 Å². The Bertz CT molecular complexity index is 446. The first-order valence-corrected chi connectivity index (χ1v) is 7.78. The molecule has 1 unspecified atom stereocenters. The normalized spacial score (nSPS) is 13.2. The van der Waals surface area contributed by atoms with Gasteiger partial charge in [0.25, 0.3) is 0 Å². The third-order valence-corrected chi connectivity index (χ3v) is 3.96. The van der Waals surface area contributed by atoms with Crippen molar-refractivity contribution in [2.75, 3.05) is 26.4 Å². The van der Waals surface area contributed by atoms with E-state index in [1.807, 2.05) is 21.0 Å². The minimum atomic E-state index is -0.837. The van der Waals surface area contributed by atoms with E-state index in [2.05, 4.69) is 33.5 Å². The number of hydrogen-bond acceptors (Lipinski definition) is 5. The van der Waals surface area contributed by atoms with E-state index in [0.29, 0.717) is 11.1 Å². The molecule has 1 N–H and O–H groups in total. The Labute approximate surface area is 124 Å². The van der Waals surface area contributed by atoms with Crippen molar-refractivity contribution in [2.45, 2.75) is 38.4 Å². The molecule has 6 nitrogen and oxygen atoms in total. The Morgan fingerprint density at radius 2 is 2.05 bits per heavy atom. The molecule has 0 aliphatic rings. The van der Waals surface area contributed by atoms with Crippen molar-refractivity contribution in [1.29, 1.82) is 0 Å². The number of aryl methyl sites for hydroxylation is 1. The van der Waals surface area contributed by atoms with Crippen LogP contribution in [0, 0.1) is 5.92 Å². The number of aromatic nitrogens is 3. The Balaban J connectivity index is 3.09. The van der Waals surface area contributed by atoms with Crippen LogP contribution < -0.4 is 0 Å². The lowest BCUT2D eigenvalue weighted by Crippen LogP contribution is -2.29. The van der Waals surface area contributed by atoms with Crippen molar-refractivity contribution in [3.8, 4) is 0 Å². The highest BCUT2D eigenvalue weighted by atomic mass is 32.2. The van der Waals surface area contributed by atoms with Crippen molar-refractivity contribution in [2.24, 2.45) is 5.92 Å². The van der Waals surface area contributed by atoms with Crippen molar-refractivity contribution in [3.05, 3.63) is 5.82 Å². The molecule has 0 aliphatic heterocycles. The molecule has 0 spiro atoms. The molecule has 0 aliphatic carbocycles. The summed E-state index contributed by atoms with van der Waals surface area (Å²) >= 11 is 1.24. The van der Waals surface area contributed by atoms with Gasteiger partial charge in [-0.3, -0.25) is 4.79 Å². The van der Waals surface area contributed by atoms with Gasteiger partial charge in [0.15, 0.2) is 5.16 Å². The van der Waals surface area contributed by atoms with E-state index in [1.165, 1.54) is 11.8 Å². The maximum atomic E-state index is 10.8. The van der Waals surface area contributed by atoms with Crippen LogP contribution in [0.1, 0.15) is 32.6 Å². The van der Waals surface area contributed by atoms with Crippen LogP contribution >= 0.6 is 11.8 Å². The smallest absolute Gasteiger partial charge is 0.313 e. The van der Waals surface area contributed by atoms with E-state index >= 15 is 0 Å². The van der Waals surface area contributed by atoms with Crippen molar-refractivity contribution in [1.82, 2.24) is 19.7 Å². The quantitative estimate of drug-likeness (QED) is 0.738. The summed E-state index contributed by atoms with van der Waals surface area (Å²) in [6.45, 7) is 7.25. The van der Waals surface area contributed by atoms with Gasteiger partial charge in [0.1, 0.15) is 5.82 Å². The summed E-state index contributed by atoms with van der Waals surface area (Å²) < 4.78 is 2.11. The van der Waals surface area contributed by atoms with E-state index in [0.717, 1.165) is 18.8 Å². The summed E-state index contributed by atoms with van der Waals surface area (Å²) in [5.41, 5.74) is 0. The van der Waals surface area contributed by atoms with E-state index in [9.17, 15) is 4.79 Å². The number of rotatable bonds is 8. The molecular formula is C13H24N4O2S. The van der Waals surface area contributed by atoms with Gasteiger partial charge in [-0.2, -0.15) is 0 Å². The molecule has 1 aromatic heterocycles. The SMILES string of the molecule is CCc1nnc(SCC(=O)O)n1C(CN(C)C)C(C)C. The van der Waals surface area contributed by atoms with Gasteiger partial charge in [-0.1, -0.05) is 32.5 Å². The summed E-state index contributed by atoms with van der Waals surface area (Å²) in [5.74, 6) is 0.506. The molecule has 114 valence electrons. The maximum Gasteiger partial charge on any atom is 0.313 e. The number of aliphatic carboxylic acids is 1. The van der Waals surface area contributed by atoms with Gasteiger partial charge in [0, 0.05) is 13.0 Å². The number of thioether (sulfide) groups is 1. The first-order valence-electron chi connectivity index (χ1n) is 6.79. The average molecular weight is 300 g/mol. The number of likely N-dealkylation sites (N-methyl/N-ethyl adjacent to an activating group) is 1. The summed E-state index contributed by atoms with van der Waals surface area (Å²) in [6.07, 6.45) is 0.789. The minimum Gasteiger partial charge on any atom is -0.481 e. The van der Waals surface area contributed by atoms with Gasteiger partial charge >= 0.3 is 5.97 Å². The molecular weight excluding hydrogens is 276 g/mol. The zero-order chi connectivity index (χ0) is 15.3. The highest BCUT2D eigenvalue weighted by Crippen LogP contribution is 2.27. The fraction of sp³-hybridized carbons (Fsp3) is 0.769. The van der Waals surface area contributed by atoms with E-state index in [4.69, 9.17) is 5.11 Å². The van der Waals surface area contributed by atoms with Gasteiger partial charge < -0.3 is 14.6 Å². The number of carboxylic acid groups (broad SMARTS) is 1. The molecule has 0 saturated heterocycles. The van der Waals surface area contributed by atoms with Gasteiger partial charge in [0.2, 0.25) is 0 Å². The first kappa shape index (κ1) is 17.0. The summed E-state index contributed by atoms with van der Waals surface area (Å²) in [5, 5.41) is 17.9. The summed E-state index contributed by atoms with van der Waals surface area (Å²) in [6, 6.07) is 0.242. The van der Waals surface area contributed by atoms with Crippen molar-refractivity contribution < 1.29 is 9.90 Å². The van der Waals surface area contributed by atoms with Gasteiger partial charge in [-0.15, -0.1) is 10.2 Å².